The molecule has 2 atom stereocenters. The number of halogens is 1. The lowest BCUT2D eigenvalue weighted by molar-refractivity contribution is -0.141. The second-order valence-electron chi connectivity index (χ2n) is 11.3. The molecule has 0 saturated carbocycles. The molecule has 2 aliphatic rings. The van der Waals surface area contributed by atoms with Gasteiger partial charge in [-0.05, 0) is 47.2 Å². The molecule has 1 saturated heterocycles. The summed E-state index contributed by atoms with van der Waals surface area (Å²) in [5.41, 5.74) is 4.19. The van der Waals surface area contributed by atoms with Crippen molar-refractivity contribution < 1.29 is 14.3 Å². The van der Waals surface area contributed by atoms with Gasteiger partial charge < -0.3 is 19.3 Å². The first kappa shape index (κ1) is 29.7. The number of carbonyl (C=O) groups excluding carboxylic acids is 1. The standard InChI is InChI=1S/C34H35ClN6O3/c1-43-27-12-10-23(11-13-27)19-40-20-26(18-32(42)44-2)41(21-25(40)14-16-36)33-29-15-17-39(22-30(29)37-34(35)38-33)31-9-5-7-24-6-3-4-8-28(24)31/h3-13,25-26H,14-15,17-22H2,1-2H3. The molecule has 44 heavy (non-hydrogen) atoms. The van der Waals surface area contributed by atoms with Gasteiger partial charge in [0.15, 0.2) is 0 Å². The van der Waals surface area contributed by atoms with Crippen LogP contribution in [0, 0.1) is 11.3 Å². The van der Waals surface area contributed by atoms with Gasteiger partial charge in [-0.1, -0.05) is 48.5 Å². The molecule has 0 radical (unpaired) electrons. The lowest BCUT2D eigenvalue weighted by Crippen LogP contribution is -2.59. The second-order valence-corrected chi connectivity index (χ2v) is 11.6. The first-order valence-electron chi connectivity index (χ1n) is 14.8. The molecule has 9 nitrogen and oxygen atoms in total. The van der Waals surface area contributed by atoms with E-state index in [2.05, 4.69) is 68.2 Å². The van der Waals surface area contributed by atoms with Gasteiger partial charge in [0.1, 0.15) is 11.6 Å². The molecule has 226 valence electrons. The fourth-order valence-electron chi connectivity index (χ4n) is 6.49. The number of esters is 1. The smallest absolute Gasteiger partial charge is 0.307 e. The van der Waals surface area contributed by atoms with E-state index in [-0.39, 0.29) is 29.8 Å². The summed E-state index contributed by atoms with van der Waals surface area (Å²) in [5, 5.41) is 12.4. The maximum atomic E-state index is 12.7. The van der Waals surface area contributed by atoms with Gasteiger partial charge >= 0.3 is 5.97 Å². The van der Waals surface area contributed by atoms with Crippen molar-refractivity contribution >= 4 is 39.8 Å². The van der Waals surface area contributed by atoms with E-state index in [4.69, 9.17) is 26.1 Å². The number of rotatable bonds is 8. The summed E-state index contributed by atoms with van der Waals surface area (Å²) in [6, 6.07) is 24.8. The Balaban J connectivity index is 1.32. The predicted molar refractivity (Wildman–Crippen MR) is 171 cm³/mol. The number of anilines is 2. The first-order chi connectivity index (χ1) is 21.5. The zero-order valence-electron chi connectivity index (χ0n) is 24.9. The fraction of sp³-hybridized carbons (Fsp3) is 0.353. The fourth-order valence-corrected chi connectivity index (χ4v) is 6.67. The third-order valence-electron chi connectivity index (χ3n) is 8.71. The molecular weight excluding hydrogens is 576 g/mol. The molecule has 0 aliphatic carbocycles. The lowest BCUT2D eigenvalue weighted by Gasteiger charge is -2.47. The summed E-state index contributed by atoms with van der Waals surface area (Å²) in [5.74, 6) is 1.25. The zero-order chi connectivity index (χ0) is 30.6. The summed E-state index contributed by atoms with van der Waals surface area (Å²) in [6.45, 7) is 3.12. The topological polar surface area (TPSA) is 94.8 Å². The lowest BCUT2D eigenvalue weighted by atomic mass is 9.97. The Hall–Kier alpha value is -4.39. The molecular formula is C34H35ClN6O3. The third kappa shape index (κ3) is 6.14. The van der Waals surface area contributed by atoms with Gasteiger partial charge in [-0.15, -0.1) is 0 Å². The first-order valence-corrected chi connectivity index (χ1v) is 15.2. The SMILES string of the molecule is COC(=O)CC1CN(Cc2ccc(OC)cc2)C(CC#N)CN1c1nc(Cl)nc2c1CCN(c1cccc3ccccc13)C2. The summed E-state index contributed by atoms with van der Waals surface area (Å²) in [7, 11) is 3.06. The van der Waals surface area contributed by atoms with E-state index in [0.29, 0.717) is 32.6 Å². The van der Waals surface area contributed by atoms with Gasteiger partial charge in [-0.25, -0.2) is 9.97 Å². The molecule has 10 heteroatoms. The number of ether oxygens (including phenoxy) is 2. The Morgan fingerprint density at radius 2 is 1.82 bits per heavy atom. The largest absolute Gasteiger partial charge is 0.497 e. The zero-order valence-corrected chi connectivity index (χ0v) is 25.7. The van der Waals surface area contributed by atoms with Crippen LogP contribution in [0.3, 0.4) is 0 Å². The molecule has 0 spiro atoms. The molecule has 1 fully saturated rings. The van der Waals surface area contributed by atoms with Crippen molar-refractivity contribution in [1.29, 1.82) is 5.26 Å². The number of fused-ring (bicyclic) bond motifs is 2. The number of benzene rings is 3. The summed E-state index contributed by atoms with van der Waals surface area (Å²) >= 11 is 6.60. The minimum absolute atomic E-state index is 0.0730. The van der Waals surface area contributed by atoms with Gasteiger partial charge in [-0.2, -0.15) is 5.26 Å². The maximum absolute atomic E-state index is 12.7. The number of aromatic nitrogens is 2. The van der Waals surface area contributed by atoms with Crippen molar-refractivity contribution in [3.63, 3.8) is 0 Å². The molecule has 1 aromatic heterocycles. The molecule has 3 heterocycles. The quantitative estimate of drug-likeness (QED) is 0.192. The van der Waals surface area contributed by atoms with E-state index < -0.39 is 0 Å². The highest BCUT2D eigenvalue weighted by Gasteiger charge is 2.38. The highest BCUT2D eigenvalue weighted by molar-refractivity contribution is 6.28. The van der Waals surface area contributed by atoms with Gasteiger partial charge in [-0.3, -0.25) is 9.69 Å². The van der Waals surface area contributed by atoms with Crippen LogP contribution in [0.1, 0.15) is 29.7 Å². The van der Waals surface area contributed by atoms with E-state index in [1.807, 2.05) is 24.3 Å². The Labute approximate surface area is 262 Å². The van der Waals surface area contributed by atoms with E-state index in [0.717, 1.165) is 47.0 Å². The van der Waals surface area contributed by atoms with Crippen LogP contribution in [0.2, 0.25) is 5.28 Å². The number of hydrogen-bond donors (Lipinski definition) is 0. The number of carbonyl (C=O) groups is 1. The third-order valence-corrected chi connectivity index (χ3v) is 8.88. The molecule has 0 N–H and O–H groups in total. The normalized spacial score (nSPS) is 18.5. The Kier molecular flexibility index (Phi) is 8.82. The predicted octanol–water partition coefficient (Wildman–Crippen LogP) is 5.39. The minimum atomic E-state index is -0.292. The molecule has 6 rings (SSSR count). The summed E-state index contributed by atoms with van der Waals surface area (Å²) in [4.78, 5) is 28.9. The monoisotopic (exact) mass is 610 g/mol. The molecule has 0 bridgehead atoms. The van der Waals surface area contributed by atoms with Gasteiger partial charge in [0.2, 0.25) is 5.28 Å². The van der Waals surface area contributed by atoms with Crippen LogP contribution in [-0.4, -0.2) is 66.8 Å². The van der Waals surface area contributed by atoms with Crippen molar-refractivity contribution in [2.45, 2.75) is 44.4 Å². The summed E-state index contributed by atoms with van der Waals surface area (Å²) in [6.07, 6.45) is 1.26. The number of piperazine rings is 1. The Morgan fingerprint density at radius 3 is 2.59 bits per heavy atom. The van der Waals surface area contributed by atoms with Crippen molar-refractivity contribution in [2.24, 2.45) is 0 Å². The highest BCUT2D eigenvalue weighted by Crippen LogP contribution is 2.36. The summed E-state index contributed by atoms with van der Waals surface area (Å²) < 4.78 is 10.4. The maximum Gasteiger partial charge on any atom is 0.307 e. The van der Waals surface area contributed by atoms with Crippen molar-refractivity contribution in [1.82, 2.24) is 14.9 Å². The molecule has 4 aromatic rings. The van der Waals surface area contributed by atoms with E-state index >= 15 is 0 Å². The van der Waals surface area contributed by atoms with Crippen LogP contribution in [0.4, 0.5) is 11.5 Å². The highest BCUT2D eigenvalue weighted by atomic mass is 35.5. The van der Waals surface area contributed by atoms with Crippen LogP contribution in [0.25, 0.3) is 10.8 Å². The number of methoxy groups -OCH3 is 2. The van der Waals surface area contributed by atoms with Crippen molar-refractivity contribution in [3.05, 3.63) is 88.8 Å². The van der Waals surface area contributed by atoms with Crippen LogP contribution < -0.4 is 14.5 Å². The number of nitrogens with zero attached hydrogens (tertiary/aromatic N) is 6. The average molecular weight is 611 g/mol. The average Bonchev–Trinajstić information content (AvgIpc) is 3.05. The van der Waals surface area contributed by atoms with Crippen LogP contribution >= 0.6 is 11.6 Å². The van der Waals surface area contributed by atoms with Crippen molar-refractivity contribution in [3.8, 4) is 11.8 Å². The number of hydrogen-bond acceptors (Lipinski definition) is 9. The Bertz CT molecular complexity index is 1690. The van der Waals surface area contributed by atoms with E-state index in [1.54, 1.807) is 7.11 Å². The van der Waals surface area contributed by atoms with Crippen LogP contribution in [0.5, 0.6) is 5.75 Å². The number of nitriles is 1. The Morgan fingerprint density at radius 1 is 1.02 bits per heavy atom. The van der Waals surface area contributed by atoms with E-state index in [9.17, 15) is 10.1 Å². The minimum Gasteiger partial charge on any atom is -0.497 e. The second kappa shape index (κ2) is 13.1. The van der Waals surface area contributed by atoms with Crippen LogP contribution in [0.15, 0.2) is 66.7 Å². The molecule has 3 aromatic carbocycles. The van der Waals surface area contributed by atoms with Gasteiger partial charge in [0.25, 0.3) is 0 Å². The van der Waals surface area contributed by atoms with Crippen LogP contribution in [-0.2, 0) is 29.0 Å². The van der Waals surface area contributed by atoms with Gasteiger partial charge in [0, 0.05) is 48.9 Å². The van der Waals surface area contributed by atoms with Crippen molar-refractivity contribution in [2.75, 3.05) is 43.7 Å². The molecule has 2 aliphatic heterocycles. The molecule has 0 amide bonds. The van der Waals surface area contributed by atoms with E-state index in [1.165, 1.54) is 17.9 Å². The van der Waals surface area contributed by atoms with Gasteiger partial charge in [0.05, 0.1) is 51.4 Å². The molecule has 2 unspecified atom stereocenters.